The highest BCUT2D eigenvalue weighted by Crippen LogP contribution is 2.43. The van der Waals surface area contributed by atoms with E-state index in [1.54, 1.807) is 33.8 Å². The van der Waals surface area contributed by atoms with Crippen LogP contribution in [0.15, 0.2) is 27.7 Å². The molecule has 2 amide bonds. The van der Waals surface area contributed by atoms with Gasteiger partial charge in [-0.05, 0) is 89.8 Å². The van der Waals surface area contributed by atoms with Crippen LogP contribution >= 0.6 is 0 Å². The van der Waals surface area contributed by atoms with E-state index in [1.165, 1.54) is 24.8 Å². The quantitative estimate of drug-likeness (QED) is 0.596. The molecule has 4 rings (SSSR count). The molecular formula is C27H37N3O5. The first-order valence-electron chi connectivity index (χ1n) is 12.7. The fraction of sp³-hybridized carbons (Fsp3) is 0.593. The Balaban J connectivity index is 1.52. The molecule has 1 aromatic heterocycles. The predicted octanol–water partition coefficient (Wildman–Crippen LogP) is 5.00. The second kappa shape index (κ2) is 9.91. The number of nitrogens with one attached hydrogen (secondary N) is 2. The van der Waals surface area contributed by atoms with Crippen LogP contribution in [0.5, 0.6) is 5.75 Å². The summed E-state index contributed by atoms with van der Waals surface area (Å²) in [7, 11) is 0. The van der Waals surface area contributed by atoms with E-state index in [4.69, 9.17) is 13.9 Å². The van der Waals surface area contributed by atoms with Crippen molar-refractivity contribution in [3.05, 3.63) is 34.9 Å². The standard InChI is InChI=1S/C27H37N3O5/c1-6-20(28-25(32)35-26(3,4)5)24(31)30-29-23-14-17(2)19-15-18-10-13-27(11-8-7-9-12-27)34-21(18)16-22(19)33-23/h14-16,20H,6-13H2,1-5H3,(H,28,32)(H,30,31). The van der Waals surface area contributed by atoms with Gasteiger partial charge in [-0.15, -0.1) is 5.10 Å². The molecule has 1 saturated carbocycles. The lowest BCUT2D eigenvalue weighted by Crippen LogP contribution is -2.47. The SMILES string of the molecule is CCC(NC(=O)OC(C)(C)C)C(=O)NN=c1cc(C)c2cc3c(cc2o1)OC1(CCCCC1)CC3. The Bertz CT molecular complexity index is 1170. The molecule has 2 aliphatic rings. The fourth-order valence-corrected chi connectivity index (χ4v) is 4.94. The van der Waals surface area contributed by atoms with Crippen LogP contribution in [0.2, 0.25) is 0 Å². The number of rotatable bonds is 4. The number of alkyl carbamates (subject to hydrolysis) is 1. The molecule has 2 heterocycles. The van der Waals surface area contributed by atoms with Crippen LogP contribution in [0.1, 0.15) is 83.8 Å². The molecule has 1 unspecified atom stereocenters. The zero-order valence-corrected chi connectivity index (χ0v) is 21.5. The van der Waals surface area contributed by atoms with Gasteiger partial charge in [0.05, 0.1) is 0 Å². The lowest BCUT2D eigenvalue weighted by molar-refractivity contribution is -0.123. The van der Waals surface area contributed by atoms with Crippen molar-refractivity contribution < 1.29 is 23.5 Å². The first kappa shape index (κ1) is 25.1. The molecule has 2 N–H and O–H groups in total. The highest BCUT2D eigenvalue weighted by molar-refractivity contribution is 5.85. The molecule has 1 aliphatic heterocycles. The van der Waals surface area contributed by atoms with Gasteiger partial charge in [-0.25, -0.2) is 10.2 Å². The van der Waals surface area contributed by atoms with E-state index < -0.39 is 23.6 Å². The average Bonchev–Trinajstić information content (AvgIpc) is 2.79. The van der Waals surface area contributed by atoms with E-state index in [0.29, 0.717) is 12.0 Å². The molecule has 2 aromatic rings. The molecule has 190 valence electrons. The maximum atomic E-state index is 12.6. The Morgan fingerprint density at radius 1 is 1.14 bits per heavy atom. The normalized spacial score (nSPS) is 18.5. The van der Waals surface area contributed by atoms with Crippen molar-refractivity contribution in [3.8, 4) is 5.75 Å². The summed E-state index contributed by atoms with van der Waals surface area (Å²) >= 11 is 0. The van der Waals surface area contributed by atoms with Crippen molar-refractivity contribution in [3.63, 3.8) is 0 Å². The molecule has 8 nitrogen and oxygen atoms in total. The molecule has 1 atom stereocenters. The summed E-state index contributed by atoms with van der Waals surface area (Å²) in [5.74, 6) is 0.446. The third kappa shape index (κ3) is 5.97. The fourth-order valence-electron chi connectivity index (χ4n) is 4.94. The van der Waals surface area contributed by atoms with Gasteiger partial charge in [0.2, 0.25) is 5.55 Å². The van der Waals surface area contributed by atoms with Crippen LogP contribution < -0.4 is 21.0 Å². The Labute approximate surface area is 206 Å². The van der Waals surface area contributed by atoms with Crippen LogP contribution in [0, 0.1) is 6.92 Å². The number of amides is 2. The molecule has 1 fully saturated rings. The highest BCUT2D eigenvalue weighted by Gasteiger charge is 2.37. The van der Waals surface area contributed by atoms with Crippen molar-refractivity contribution in [2.45, 2.75) is 103 Å². The Hall–Kier alpha value is -3.03. The minimum atomic E-state index is -0.776. The van der Waals surface area contributed by atoms with Gasteiger partial charge in [0.1, 0.15) is 28.6 Å². The van der Waals surface area contributed by atoms with Gasteiger partial charge >= 0.3 is 6.09 Å². The first-order valence-corrected chi connectivity index (χ1v) is 12.7. The average molecular weight is 484 g/mol. The van der Waals surface area contributed by atoms with Crippen molar-refractivity contribution >= 4 is 23.0 Å². The highest BCUT2D eigenvalue weighted by atomic mass is 16.6. The largest absolute Gasteiger partial charge is 0.487 e. The number of carbonyl (C=O) groups is 2. The molecule has 0 radical (unpaired) electrons. The monoisotopic (exact) mass is 483 g/mol. The number of hydrogen-bond donors (Lipinski definition) is 2. The van der Waals surface area contributed by atoms with Crippen LogP contribution in [-0.4, -0.2) is 29.2 Å². The van der Waals surface area contributed by atoms with Crippen LogP contribution in [0.4, 0.5) is 4.79 Å². The van der Waals surface area contributed by atoms with E-state index in [0.717, 1.165) is 42.4 Å². The maximum Gasteiger partial charge on any atom is 0.408 e. The van der Waals surface area contributed by atoms with E-state index in [-0.39, 0.29) is 11.2 Å². The van der Waals surface area contributed by atoms with Crippen molar-refractivity contribution in [2.75, 3.05) is 0 Å². The van der Waals surface area contributed by atoms with Crippen molar-refractivity contribution in [1.82, 2.24) is 10.7 Å². The van der Waals surface area contributed by atoms with Crippen LogP contribution in [0.25, 0.3) is 11.0 Å². The van der Waals surface area contributed by atoms with Gasteiger partial charge in [0, 0.05) is 17.5 Å². The minimum absolute atomic E-state index is 0.0414. The van der Waals surface area contributed by atoms with Crippen molar-refractivity contribution in [2.24, 2.45) is 5.10 Å². The van der Waals surface area contributed by atoms with Crippen LogP contribution in [0.3, 0.4) is 0 Å². The summed E-state index contributed by atoms with van der Waals surface area (Å²) in [6, 6.07) is 5.14. The van der Waals surface area contributed by atoms with Gasteiger partial charge in [0.25, 0.3) is 5.91 Å². The lowest BCUT2D eigenvalue weighted by Gasteiger charge is -2.41. The summed E-state index contributed by atoms with van der Waals surface area (Å²) in [6.07, 6.45) is 7.76. The summed E-state index contributed by atoms with van der Waals surface area (Å²) in [4.78, 5) is 24.7. The summed E-state index contributed by atoms with van der Waals surface area (Å²) in [5, 5.41) is 7.76. The Morgan fingerprint density at radius 2 is 1.89 bits per heavy atom. The second-order valence-electron chi connectivity index (χ2n) is 10.8. The molecule has 1 aliphatic carbocycles. The number of carbonyl (C=O) groups excluding carboxylic acids is 2. The third-order valence-electron chi connectivity index (χ3n) is 6.78. The van der Waals surface area contributed by atoms with Crippen molar-refractivity contribution in [1.29, 1.82) is 0 Å². The maximum absolute atomic E-state index is 12.6. The molecule has 1 aromatic carbocycles. The smallest absolute Gasteiger partial charge is 0.408 e. The molecule has 35 heavy (non-hydrogen) atoms. The second-order valence-corrected chi connectivity index (χ2v) is 10.8. The number of hydrogen-bond acceptors (Lipinski definition) is 6. The Morgan fingerprint density at radius 3 is 2.57 bits per heavy atom. The molecule has 0 bridgehead atoms. The number of aryl methyl sites for hydroxylation is 2. The number of ether oxygens (including phenoxy) is 2. The summed E-state index contributed by atoms with van der Waals surface area (Å²) in [6.45, 7) is 9.10. The number of nitrogens with zero attached hydrogens (tertiary/aromatic N) is 1. The zero-order chi connectivity index (χ0) is 25.2. The van der Waals surface area contributed by atoms with E-state index >= 15 is 0 Å². The Kier molecular flexibility index (Phi) is 7.10. The lowest BCUT2D eigenvalue weighted by atomic mass is 9.79. The summed E-state index contributed by atoms with van der Waals surface area (Å²) < 4.78 is 17.8. The van der Waals surface area contributed by atoms with Gasteiger partial charge < -0.3 is 19.2 Å². The molecule has 1 spiro atoms. The van der Waals surface area contributed by atoms with E-state index in [2.05, 4.69) is 21.9 Å². The third-order valence-corrected chi connectivity index (χ3v) is 6.78. The first-order chi connectivity index (χ1) is 16.6. The zero-order valence-electron chi connectivity index (χ0n) is 21.5. The van der Waals surface area contributed by atoms with Gasteiger partial charge in [-0.2, -0.15) is 0 Å². The molecular weight excluding hydrogens is 446 g/mol. The topological polar surface area (TPSA) is 102 Å². The van der Waals surface area contributed by atoms with E-state index in [1.807, 2.05) is 13.0 Å². The predicted molar refractivity (Wildman–Crippen MR) is 133 cm³/mol. The number of benzene rings is 1. The number of fused-ring (bicyclic) bond motifs is 2. The minimum Gasteiger partial charge on any atom is -0.487 e. The summed E-state index contributed by atoms with van der Waals surface area (Å²) in [5.41, 5.74) is 4.98. The van der Waals surface area contributed by atoms with Crippen LogP contribution in [-0.2, 0) is 16.0 Å². The molecule has 0 saturated heterocycles. The van der Waals surface area contributed by atoms with E-state index in [9.17, 15) is 9.59 Å². The van der Waals surface area contributed by atoms with Gasteiger partial charge in [-0.1, -0.05) is 13.3 Å². The van der Waals surface area contributed by atoms with Gasteiger partial charge in [-0.3, -0.25) is 4.79 Å². The molecule has 8 heteroatoms. The van der Waals surface area contributed by atoms with Gasteiger partial charge in [0.15, 0.2) is 0 Å².